The molecule has 0 aliphatic carbocycles. The molecule has 0 fully saturated rings. The Labute approximate surface area is 159 Å². The molecular formula is C20H17F3N4O. The van der Waals surface area contributed by atoms with Crippen molar-refractivity contribution >= 4 is 23.1 Å². The average molecular weight is 386 g/mol. The average Bonchev–Trinajstić information content (AvgIpc) is 2.65. The van der Waals surface area contributed by atoms with Crippen LogP contribution < -0.4 is 10.6 Å². The van der Waals surface area contributed by atoms with Crippen LogP contribution in [0.4, 0.5) is 30.4 Å². The van der Waals surface area contributed by atoms with Gasteiger partial charge in [-0.05, 0) is 44.0 Å². The number of halogens is 3. The van der Waals surface area contributed by atoms with Gasteiger partial charge in [-0.25, -0.2) is 23.1 Å². The Morgan fingerprint density at radius 3 is 2.29 bits per heavy atom. The number of nitrogens with one attached hydrogen (secondary N) is 2. The summed E-state index contributed by atoms with van der Waals surface area (Å²) in [6.45, 7) is 5.29. The fourth-order valence-electron chi connectivity index (χ4n) is 2.70. The van der Waals surface area contributed by atoms with Crippen LogP contribution in [-0.4, -0.2) is 15.9 Å². The van der Waals surface area contributed by atoms with Crippen LogP contribution in [0, 0.1) is 38.2 Å². The molecule has 3 aromatic rings. The molecule has 0 saturated carbocycles. The minimum atomic E-state index is -1.59. The number of rotatable bonds is 4. The molecule has 0 saturated heterocycles. The molecule has 0 unspecified atom stereocenters. The lowest BCUT2D eigenvalue weighted by molar-refractivity contribution is 0.102. The molecule has 0 atom stereocenters. The van der Waals surface area contributed by atoms with Gasteiger partial charge in [0.1, 0.15) is 17.3 Å². The van der Waals surface area contributed by atoms with E-state index in [1.165, 1.54) is 6.07 Å². The minimum absolute atomic E-state index is 0.0423. The zero-order valence-electron chi connectivity index (χ0n) is 15.4. The molecule has 1 aromatic heterocycles. The zero-order valence-corrected chi connectivity index (χ0v) is 15.4. The first-order valence-corrected chi connectivity index (χ1v) is 8.40. The van der Waals surface area contributed by atoms with Crippen molar-refractivity contribution < 1.29 is 18.0 Å². The lowest BCUT2D eigenvalue weighted by Gasteiger charge is -2.13. The summed E-state index contributed by atoms with van der Waals surface area (Å²) >= 11 is 0. The maximum Gasteiger partial charge on any atom is 0.274 e. The van der Waals surface area contributed by atoms with Crippen LogP contribution >= 0.6 is 0 Å². The van der Waals surface area contributed by atoms with E-state index >= 15 is 0 Å². The number of para-hydroxylation sites is 1. The van der Waals surface area contributed by atoms with Gasteiger partial charge in [0, 0.05) is 11.8 Å². The summed E-state index contributed by atoms with van der Waals surface area (Å²) in [6.07, 6.45) is 0. The van der Waals surface area contributed by atoms with Gasteiger partial charge in [-0.1, -0.05) is 18.2 Å². The zero-order chi connectivity index (χ0) is 20.4. The Kier molecular flexibility index (Phi) is 5.30. The molecule has 0 spiro atoms. The van der Waals surface area contributed by atoms with Crippen LogP contribution in [0.15, 0.2) is 36.4 Å². The van der Waals surface area contributed by atoms with Gasteiger partial charge in [-0.3, -0.25) is 4.79 Å². The summed E-state index contributed by atoms with van der Waals surface area (Å²) in [5.41, 5.74) is 2.19. The number of carbonyl (C=O) groups is 1. The summed E-state index contributed by atoms with van der Waals surface area (Å²) in [5, 5.41) is 5.35. The summed E-state index contributed by atoms with van der Waals surface area (Å²) in [4.78, 5) is 20.8. The van der Waals surface area contributed by atoms with Crippen LogP contribution in [0.2, 0.25) is 0 Å². The predicted octanol–water partition coefficient (Wildman–Crippen LogP) is 4.82. The summed E-state index contributed by atoms with van der Waals surface area (Å²) in [7, 11) is 0. The number of amides is 1. The van der Waals surface area contributed by atoms with E-state index in [4.69, 9.17) is 0 Å². The van der Waals surface area contributed by atoms with Crippen LogP contribution in [0.3, 0.4) is 0 Å². The van der Waals surface area contributed by atoms with Crippen LogP contribution in [0.1, 0.15) is 27.4 Å². The third-order valence-corrected chi connectivity index (χ3v) is 4.09. The lowest BCUT2D eigenvalue weighted by atomic mass is 10.1. The normalized spacial score (nSPS) is 10.6. The van der Waals surface area contributed by atoms with E-state index in [0.717, 1.165) is 23.3 Å². The van der Waals surface area contributed by atoms with Gasteiger partial charge in [0.05, 0.1) is 5.69 Å². The molecule has 0 bridgehead atoms. The Morgan fingerprint density at radius 2 is 1.61 bits per heavy atom. The van der Waals surface area contributed by atoms with Gasteiger partial charge >= 0.3 is 0 Å². The third kappa shape index (κ3) is 3.95. The summed E-state index contributed by atoms with van der Waals surface area (Å²) in [5.74, 6) is -4.42. The lowest BCUT2D eigenvalue weighted by Crippen LogP contribution is -2.17. The number of carbonyl (C=O) groups excluding carboxylic acids is 1. The van der Waals surface area contributed by atoms with E-state index in [0.29, 0.717) is 5.69 Å². The highest BCUT2D eigenvalue weighted by Crippen LogP contribution is 2.24. The molecule has 2 N–H and O–H groups in total. The highest BCUT2D eigenvalue weighted by atomic mass is 19.2. The molecule has 0 aliphatic heterocycles. The van der Waals surface area contributed by atoms with Gasteiger partial charge in [-0.2, -0.15) is 0 Å². The number of benzene rings is 2. The van der Waals surface area contributed by atoms with Gasteiger partial charge in [0.2, 0.25) is 0 Å². The topological polar surface area (TPSA) is 66.9 Å². The maximum absolute atomic E-state index is 13.9. The fourth-order valence-corrected chi connectivity index (χ4v) is 2.70. The van der Waals surface area contributed by atoms with Crippen molar-refractivity contribution in [2.24, 2.45) is 0 Å². The van der Waals surface area contributed by atoms with Gasteiger partial charge in [0.15, 0.2) is 17.5 Å². The number of anilines is 3. The van der Waals surface area contributed by atoms with Crippen molar-refractivity contribution in [2.45, 2.75) is 20.8 Å². The van der Waals surface area contributed by atoms with Gasteiger partial charge in [0.25, 0.3) is 5.91 Å². The molecule has 144 valence electrons. The first kappa shape index (κ1) is 19.3. The first-order chi connectivity index (χ1) is 13.3. The minimum Gasteiger partial charge on any atom is -0.338 e. The first-order valence-electron chi connectivity index (χ1n) is 8.40. The van der Waals surface area contributed by atoms with Gasteiger partial charge in [-0.15, -0.1) is 0 Å². The number of aromatic nitrogens is 2. The van der Waals surface area contributed by atoms with Crippen molar-refractivity contribution in [2.75, 3.05) is 10.6 Å². The van der Waals surface area contributed by atoms with Crippen LogP contribution in [0.25, 0.3) is 0 Å². The molecule has 0 aliphatic rings. The van der Waals surface area contributed by atoms with Crippen molar-refractivity contribution in [3.63, 3.8) is 0 Å². The van der Waals surface area contributed by atoms with Crippen LogP contribution in [0.5, 0.6) is 0 Å². The Balaban J connectivity index is 1.89. The molecule has 2 aromatic carbocycles. The molecule has 0 radical (unpaired) electrons. The highest BCUT2D eigenvalue weighted by molar-refractivity contribution is 6.04. The van der Waals surface area contributed by atoms with Crippen molar-refractivity contribution in [3.05, 3.63) is 76.5 Å². The van der Waals surface area contributed by atoms with E-state index in [-0.39, 0.29) is 23.0 Å². The largest absolute Gasteiger partial charge is 0.338 e. The molecule has 3 rings (SSSR count). The number of hydrogen-bond acceptors (Lipinski definition) is 4. The summed E-state index contributed by atoms with van der Waals surface area (Å²) < 4.78 is 40.4. The van der Waals surface area contributed by atoms with E-state index in [1.54, 1.807) is 6.92 Å². The molecule has 1 amide bonds. The standard InChI is InChI=1S/C20H17F3N4O/c1-10-5-4-6-11(2)19(10)27-20(28)15-9-16(25-12(3)24-15)26-14-8-7-13(21)17(22)18(14)23/h4-9H,1-3H3,(H,27,28)(H,24,25,26). The summed E-state index contributed by atoms with van der Waals surface area (Å²) in [6, 6.07) is 8.76. The Bertz CT molecular complexity index is 1050. The quantitative estimate of drug-likeness (QED) is 0.631. The smallest absolute Gasteiger partial charge is 0.274 e. The number of nitrogens with zero attached hydrogens (tertiary/aromatic N) is 2. The second kappa shape index (κ2) is 7.67. The van der Waals surface area contributed by atoms with Crippen molar-refractivity contribution in [3.8, 4) is 0 Å². The SMILES string of the molecule is Cc1nc(Nc2ccc(F)c(F)c2F)cc(C(=O)Nc2c(C)cccc2C)n1. The molecule has 8 heteroatoms. The Morgan fingerprint density at radius 1 is 0.929 bits per heavy atom. The Hall–Kier alpha value is -3.42. The highest BCUT2D eigenvalue weighted by Gasteiger charge is 2.16. The molecule has 1 heterocycles. The van der Waals surface area contributed by atoms with E-state index in [1.807, 2.05) is 32.0 Å². The molecule has 28 heavy (non-hydrogen) atoms. The van der Waals surface area contributed by atoms with Gasteiger partial charge < -0.3 is 10.6 Å². The maximum atomic E-state index is 13.9. The van der Waals surface area contributed by atoms with Crippen molar-refractivity contribution in [1.29, 1.82) is 0 Å². The van der Waals surface area contributed by atoms with E-state index in [2.05, 4.69) is 20.6 Å². The molecular weight excluding hydrogens is 369 g/mol. The number of aryl methyl sites for hydroxylation is 3. The molecule has 5 nitrogen and oxygen atoms in total. The third-order valence-electron chi connectivity index (χ3n) is 4.09. The number of hydrogen-bond donors (Lipinski definition) is 2. The van der Waals surface area contributed by atoms with Crippen LogP contribution in [-0.2, 0) is 0 Å². The second-order valence-electron chi connectivity index (χ2n) is 6.25. The second-order valence-corrected chi connectivity index (χ2v) is 6.25. The van der Waals surface area contributed by atoms with Crippen molar-refractivity contribution in [1.82, 2.24) is 9.97 Å². The van der Waals surface area contributed by atoms with E-state index < -0.39 is 23.4 Å². The monoisotopic (exact) mass is 386 g/mol. The fraction of sp³-hybridized carbons (Fsp3) is 0.150. The van der Waals surface area contributed by atoms with E-state index in [9.17, 15) is 18.0 Å². The predicted molar refractivity (Wildman–Crippen MR) is 100 cm³/mol.